The highest BCUT2D eigenvalue weighted by Gasteiger charge is 2.07. The van der Waals surface area contributed by atoms with Crippen molar-refractivity contribution in [3.63, 3.8) is 0 Å². The zero-order chi connectivity index (χ0) is 16.2. The Morgan fingerprint density at radius 3 is 2.27 bits per heavy atom. The molecule has 1 aromatic rings. The Hall–Kier alpha value is -1.75. The maximum atomic E-state index is 11.5. The first-order chi connectivity index (χ1) is 10.6. The van der Waals surface area contributed by atoms with Gasteiger partial charge in [-0.3, -0.25) is 9.59 Å². The minimum absolute atomic E-state index is 0.143. The Labute approximate surface area is 135 Å². The number of esters is 2. The van der Waals surface area contributed by atoms with Gasteiger partial charge in [-0.25, -0.2) is 0 Å². The molecule has 5 nitrogen and oxygen atoms in total. The number of para-hydroxylation sites is 1. The zero-order valence-electron chi connectivity index (χ0n) is 12.7. The summed E-state index contributed by atoms with van der Waals surface area (Å²) in [4.78, 5) is 22.7. The van der Waals surface area contributed by atoms with Gasteiger partial charge in [-0.05, 0) is 25.0 Å². The smallest absolute Gasteiger partial charge is 0.305 e. The van der Waals surface area contributed by atoms with E-state index in [0.717, 1.165) is 6.42 Å². The number of ether oxygens (including phenoxy) is 3. The molecular formula is C16H21ClO5. The number of hydrogen-bond acceptors (Lipinski definition) is 5. The average molecular weight is 329 g/mol. The maximum absolute atomic E-state index is 11.5. The monoisotopic (exact) mass is 328 g/mol. The van der Waals surface area contributed by atoms with Gasteiger partial charge in [0.2, 0.25) is 0 Å². The fourth-order valence-electron chi connectivity index (χ4n) is 1.61. The van der Waals surface area contributed by atoms with Gasteiger partial charge in [0.25, 0.3) is 0 Å². The van der Waals surface area contributed by atoms with Crippen molar-refractivity contribution >= 4 is 23.5 Å². The standard InChI is InChI=1S/C16H21ClO5/c1-2-10-21-15(18)8-5-9-16(19)22-12-11-20-14-7-4-3-6-13(14)17/h3-4,6-7H,2,5,8-12H2,1H3. The van der Waals surface area contributed by atoms with Crippen molar-refractivity contribution in [2.24, 2.45) is 0 Å². The van der Waals surface area contributed by atoms with E-state index >= 15 is 0 Å². The molecule has 122 valence electrons. The maximum Gasteiger partial charge on any atom is 0.305 e. The van der Waals surface area contributed by atoms with Crippen LogP contribution in [-0.2, 0) is 19.1 Å². The van der Waals surface area contributed by atoms with Crippen LogP contribution in [-0.4, -0.2) is 31.8 Å². The number of halogens is 1. The minimum Gasteiger partial charge on any atom is -0.488 e. The first-order valence-corrected chi connectivity index (χ1v) is 7.70. The second-order valence-electron chi connectivity index (χ2n) is 4.57. The summed E-state index contributed by atoms with van der Waals surface area (Å²) in [6.45, 7) is 2.72. The van der Waals surface area contributed by atoms with E-state index in [-0.39, 0.29) is 38.0 Å². The van der Waals surface area contributed by atoms with Crippen LogP contribution in [0.1, 0.15) is 32.6 Å². The number of carbonyl (C=O) groups is 2. The Balaban J connectivity index is 2.06. The van der Waals surface area contributed by atoms with Gasteiger partial charge >= 0.3 is 11.9 Å². The van der Waals surface area contributed by atoms with E-state index in [1.165, 1.54) is 0 Å². The van der Waals surface area contributed by atoms with Gasteiger partial charge in [0.1, 0.15) is 19.0 Å². The van der Waals surface area contributed by atoms with Crippen molar-refractivity contribution < 1.29 is 23.8 Å². The normalized spacial score (nSPS) is 10.1. The van der Waals surface area contributed by atoms with Crippen LogP contribution in [0.5, 0.6) is 5.75 Å². The van der Waals surface area contributed by atoms with E-state index in [1.807, 2.05) is 13.0 Å². The van der Waals surface area contributed by atoms with Gasteiger partial charge in [0, 0.05) is 12.8 Å². The van der Waals surface area contributed by atoms with Crippen LogP contribution < -0.4 is 4.74 Å². The topological polar surface area (TPSA) is 61.8 Å². The molecule has 0 N–H and O–H groups in total. The van der Waals surface area contributed by atoms with Crippen LogP contribution in [0.4, 0.5) is 0 Å². The second kappa shape index (κ2) is 10.9. The first-order valence-electron chi connectivity index (χ1n) is 7.32. The minimum atomic E-state index is -0.356. The zero-order valence-corrected chi connectivity index (χ0v) is 13.4. The van der Waals surface area contributed by atoms with Crippen molar-refractivity contribution in [2.75, 3.05) is 19.8 Å². The molecule has 0 aliphatic carbocycles. The third-order valence-corrected chi connectivity index (χ3v) is 2.98. The van der Waals surface area contributed by atoms with E-state index in [1.54, 1.807) is 18.2 Å². The van der Waals surface area contributed by atoms with E-state index in [2.05, 4.69) is 0 Å². The molecule has 6 heteroatoms. The van der Waals surface area contributed by atoms with Gasteiger partial charge in [-0.15, -0.1) is 0 Å². The summed E-state index contributed by atoms with van der Waals surface area (Å²) in [5.74, 6) is -0.0818. The lowest BCUT2D eigenvalue weighted by atomic mass is 10.2. The quantitative estimate of drug-likeness (QED) is 0.486. The molecule has 0 fully saturated rings. The lowest BCUT2D eigenvalue weighted by Gasteiger charge is -2.08. The molecule has 0 unspecified atom stereocenters. The first kappa shape index (κ1) is 18.3. The number of benzene rings is 1. The fourth-order valence-corrected chi connectivity index (χ4v) is 1.80. The van der Waals surface area contributed by atoms with Gasteiger partial charge in [0.05, 0.1) is 11.6 Å². The number of carbonyl (C=O) groups excluding carboxylic acids is 2. The van der Waals surface area contributed by atoms with E-state index in [9.17, 15) is 9.59 Å². The number of hydrogen-bond donors (Lipinski definition) is 0. The average Bonchev–Trinajstić information content (AvgIpc) is 2.51. The van der Waals surface area contributed by atoms with Crippen LogP contribution in [0.3, 0.4) is 0 Å². The summed E-state index contributed by atoms with van der Waals surface area (Å²) < 4.78 is 15.3. The lowest BCUT2D eigenvalue weighted by molar-refractivity contribution is -0.145. The molecule has 22 heavy (non-hydrogen) atoms. The van der Waals surface area contributed by atoms with E-state index in [4.69, 9.17) is 25.8 Å². The fraction of sp³-hybridized carbons (Fsp3) is 0.500. The highest BCUT2D eigenvalue weighted by atomic mass is 35.5. The Kier molecular flexibility index (Phi) is 9.07. The SMILES string of the molecule is CCCOC(=O)CCCC(=O)OCCOc1ccccc1Cl. The van der Waals surface area contributed by atoms with Crippen LogP contribution in [0.15, 0.2) is 24.3 Å². The van der Waals surface area contributed by atoms with Crippen LogP contribution >= 0.6 is 11.6 Å². The molecule has 0 aromatic heterocycles. The van der Waals surface area contributed by atoms with Crippen molar-refractivity contribution in [3.05, 3.63) is 29.3 Å². The summed E-state index contributed by atoms with van der Waals surface area (Å²) in [5.41, 5.74) is 0. The summed E-state index contributed by atoms with van der Waals surface area (Å²) in [6.07, 6.45) is 1.63. The number of rotatable bonds is 10. The molecule has 1 aromatic carbocycles. The highest BCUT2D eigenvalue weighted by Crippen LogP contribution is 2.22. The summed E-state index contributed by atoms with van der Waals surface area (Å²) in [6, 6.07) is 7.08. The predicted octanol–water partition coefficient (Wildman–Crippen LogP) is 3.39. The van der Waals surface area contributed by atoms with Gasteiger partial charge in [-0.1, -0.05) is 30.7 Å². The highest BCUT2D eigenvalue weighted by molar-refractivity contribution is 6.32. The molecule has 0 aliphatic heterocycles. The van der Waals surface area contributed by atoms with Gasteiger partial charge in [-0.2, -0.15) is 0 Å². The lowest BCUT2D eigenvalue weighted by Crippen LogP contribution is -2.13. The molecule has 0 heterocycles. The molecular weight excluding hydrogens is 308 g/mol. The molecule has 0 amide bonds. The summed E-state index contributed by atoms with van der Waals surface area (Å²) >= 11 is 5.92. The molecule has 0 saturated carbocycles. The van der Waals surface area contributed by atoms with Crippen molar-refractivity contribution in [3.8, 4) is 5.75 Å². The van der Waals surface area contributed by atoms with Gasteiger partial charge in [0.15, 0.2) is 0 Å². The van der Waals surface area contributed by atoms with Crippen LogP contribution in [0, 0.1) is 0 Å². The van der Waals surface area contributed by atoms with Crippen LogP contribution in [0.25, 0.3) is 0 Å². The third kappa shape index (κ3) is 7.88. The van der Waals surface area contributed by atoms with Crippen LogP contribution in [0.2, 0.25) is 5.02 Å². The molecule has 0 atom stereocenters. The van der Waals surface area contributed by atoms with E-state index in [0.29, 0.717) is 23.8 Å². The largest absolute Gasteiger partial charge is 0.488 e. The molecule has 0 saturated heterocycles. The Morgan fingerprint density at radius 1 is 1.00 bits per heavy atom. The summed E-state index contributed by atoms with van der Waals surface area (Å²) in [5, 5.41) is 0.513. The summed E-state index contributed by atoms with van der Waals surface area (Å²) in [7, 11) is 0. The molecule has 0 aliphatic rings. The van der Waals surface area contributed by atoms with Crippen molar-refractivity contribution in [1.82, 2.24) is 0 Å². The van der Waals surface area contributed by atoms with Crippen molar-refractivity contribution in [2.45, 2.75) is 32.6 Å². The molecule has 0 bridgehead atoms. The van der Waals surface area contributed by atoms with Gasteiger partial charge < -0.3 is 14.2 Å². The van der Waals surface area contributed by atoms with E-state index < -0.39 is 0 Å². The predicted molar refractivity (Wildman–Crippen MR) is 83.0 cm³/mol. The molecule has 0 spiro atoms. The molecule has 1 rings (SSSR count). The Bertz CT molecular complexity index is 475. The molecule has 0 radical (unpaired) electrons. The van der Waals surface area contributed by atoms with Crippen molar-refractivity contribution in [1.29, 1.82) is 0 Å². The Morgan fingerprint density at radius 2 is 1.64 bits per heavy atom. The third-order valence-electron chi connectivity index (χ3n) is 2.67. The second-order valence-corrected chi connectivity index (χ2v) is 4.98.